The van der Waals surface area contributed by atoms with Crippen molar-refractivity contribution < 1.29 is 9.53 Å². The number of carbonyl (C=O) groups is 1. The second kappa shape index (κ2) is 5.11. The summed E-state index contributed by atoms with van der Waals surface area (Å²) in [4.78, 5) is 11.7. The maximum absolute atomic E-state index is 11.7. The molecule has 1 aromatic rings. The van der Waals surface area contributed by atoms with Crippen LogP contribution in [0.3, 0.4) is 0 Å². The number of fused-ring (bicyclic) bond motifs is 1. The molecule has 0 fully saturated rings. The summed E-state index contributed by atoms with van der Waals surface area (Å²) in [6.45, 7) is 3.75. The summed E-state index contributed by atoms with van der Waals surface area (Å²) in [7, 11) is 1.43. The number of carbonyl (C=O) groups excluding carboxylic acids is 1. The first-order chi connectivity index (χ1) is 8.53. The summed E-state index contributed by atoms with van der Waals surface area (Å²) in [6, 6.07) is 8.87. The Bertz CT molecular complexity index is 440. The Kier molecular flexibility index (Phi) is 3.71. The van der Waals surface area contributed by atoms with Crippen LogP contribution in [0.1, 0.15) is 31.4 Å². The van der Waals surface area contributed by atoms with Crippen LogP contribution >= 0.6 is 0 Å². The lowest BCUT2D eigenvalue weighted by atomic mass is 9.87. The molecule has 3 heteroatoms. The first-order valence-corrected chi connectivity index (χ1v) is 6.46. The lowest BCUT2D eigenvalue weighted by Crippen LogP contribution is -2.53. The topological polar surface area (TPSA) is 38.3 Å². The van der Waals surface area contributed by atoms with E-state index in [2.05, 4.69) is 29.6 Å². The van der Waals surface area contributed by atoms with Gasteiger partial charge in [0.15, 0.2) is 0 Å². The Labute approximate surface area is 109 Å². The smallest absolute Gasteiger partial charge is 0.325 e. The summed E-state index contributed by atoms with van der Waals surface area (Å²) in [5.74, 6) is -0.207. The van der Waals surface area contributed by atoms with Crippen LogP contribution in [0.4, 0.5) is 0 Å². The van der Waals surface area contributed by atoms with Crippen molar-refractivity contribution in [3.63, 3.8) is 0 Å². The third-order valence-electron chi connectivity index (χ3n) is 3.61. The van der Waals surface area contributed by atoms with Gasteiger partial charge in [-0.3, -0.25) is 10.1 Å². The van der Waals surface area contributed by atoms with Crippen LogP contribution in [0.2, 0.25) is 0 Å². The molecule has 1 aromatic carbocycles. The van der Waals surface area contributed by atoms with E-state index in [0.29, 0.717) is 6.04 Å². The van der Waals surface area contributed by atoms with Crippen LogP contribution in [0.25, 0.3) is 0 Å². The minimum absolute atomic E-state index is 0.207. The van der Waals surface area contributed by atoms with E-state index in [1.54, 1.807) is 0 Å². The van der Waals surface area contributed by atoms with Crippen LogP contribution < -0.4 is 5.32 Å². The Morgan fingerprint density at radius 3 is 2.67 bits per heavy atom. The van der Waals surface area contributed by atoms with E-state index in [1.165, 1.54) is 18.2 Å². The molecular formula is C15H21NO2. The molecule has 0 spiro atoms. The predicted octanol–water partition coefficient (Wildman–Crippen LogP) is 2.09. The van der Waals surface area contributed by atoms with E-state index in [-0.39, 0.29) is 5.97 Å². The molecule has 0 heterocycles. The van der Waals surface area contributed by atoms with E-state index >= 15 is 0 Å². The van der Waals surface area contributed by atoms with Crippen molar-refractivity contribution in [2.24, 2.45) is 0 Å². The molecule has 0 saturated carbocycles. The average Bonchev–Trinajstić information content (AvgIpc) is 2.37. The van der Waals surface area contributed by atoms with E-state index in [0.717, 1.165) is 19.3 Å². The van der Waals surface area contributed by atoms with Crippen molar-refractivity contribution in [1.82, 2.24) is 5.32 Å². The van der Waals surface area contributed by atoms with Gasteiger partial charge in [0.2, 0.25) is 0 Å². The van der Waals surface area contributed by atoms with Crippen molar-refractivity contribution in [1.29, 1.82) is 0 Å². The van der Waals surface area contributed by atoms with E-state index in [4.69, 9.17) is 4.74 Å². The van der Waals surface area contributed by atoms with Gasteiger partial charge in [-0.15, -0.1) is 0 Å². The van der Waals surface area contributed by atoms with Crippen LogP contribution in [0.15, 0.2) is 24.3 Å². The minimum Gasteiger partial charge on any atom is -0.468 e. The molecule has 1 aliphatic carbocycles. The number of nitrogens with one attached hydrogen (secondary N) is 1. The van der Waals surface area contributed by atoms with Gasteiger partial charge in [0.25, 0.3) is 0 Å². The third-order valence-corrected chi connectivity index (χ3v) is 3.61. The molecule has 0 aromatic heterocycles. The van der Waals surface area contributed by atoms with Gasteiger partial charge < -0.3 is 4.74 Å². The van der Waals surface area contributed by atoms with Crippen LogP contribution in [-0.2, 0) is 22.4 Å². The van der Waals surface area contributed by atoms with Gasteiger partial charge in [0.05, 0.1) is 7.11 Å². The molecule has 0 saturated heterocycles. The highest BCUT2D eigenvalue weighted by atomic mass is 16.5. The maximum Gasteiger partial charge on any atom is 0.325 e. The normalized spacial score (nSPS) is 19.2. The van der Waals surface area contributed by atoms with Crippen LogP contribution in [0, 0.1) is 0 Å². The van der Waals surface area contributed by atoms with Crippen molar-refractivity contribution in [2.45, 2.75) is 44.7 Å². The number of rotatable bonds is 3. The number of methoxy groups -OCH3 is 1. The largest absolute Gasteiger partial charge is 0.468 e. The molecule has 1 unspecified atom stereocenters. The maximum atomic E-state index is 11.7. The SMILES string of the molecule is COC(=O)C(C)(C)NC1CCc2ccccc2C1. The third kappa shape index (κ3) is 2.72. The summed E-state index contributed by atoms with van der Waals surface area (Å²) in [5.41, 5.74) is 2.21. The molecule has 0 amide bonds. The number of benzene rings is 1. The first kappa shape index (κ1) is 13.1. The molecule has 3 nitrogen and oxygen atoms in total. The highest BCUT2D eigenvalue weighted by Gasteiger charge is 2.32. The lowest BCUT2D eigenvalue weighted by molar-refractivity contribution is -0.147. The molecule has 1 N–H and O–H groups in total. The van der Waals surface area contributed by atoms with Crippen molar-refractivity contribution in [3.05, 3.63) is 35.4 Å². The molecule has 1 atom stereocenters. The molecule has 1 aliphatic rings. The number of esters is 1. The van der Waals surface area contributed by atoms with Crippen molar-refractivity contribution in [2.75, 3.05) is 7.11 Å². The number of aryl methyl sites for hydroxylation is 1. The molecule has 18 heavy (non-hydrogen) atoms. The summed E-state index contributed by atoms with van der Waals surface area (Å²) in [5, 5.41) is 3.41. The zero-order chi connectivity index (χ0) is 13.2. The van der Waals surface area contributed by atoms with E-state index < -0.39 is 5.54 Å². The second-order valence-corrected chi connectivity index (χ2v) is 5.47. The molecule has 0 bridgehead atoms. The van der Waals surface area contributed by atoms with Gasteiger partial charge in [0, 0.05) is 6.04 Å². The highest BCUT2D eigenvalue weighted by molar-refractivity contribution is 5.79. The van der Waals surface area contributed by atoms with Gasteiger partial charge >= 0.3 is 5.97 Å². The van der Waals surface area contributed by atoms with Crippen LogP contribution in [0.5, 0.6) is 0 Å². The van der Waals surface area contributed by atoms with Crippen molar-refractivity contribution in [3.8, 4) is 0 Å². The number of ether oxygens (including phenoxy) is 1. The molecule has 98 valence electrons. The van der Waals surface area contributed by atoms with Gasteiger partial charge in [0.1, 0.15) is 5.54 Å². The van der Waals surface area contributed by atoms with Gasteiger partial charge in [-0.25, -0.2) is 0 Å². The summed E-state index contributed by atoms with van der Waals surface area (Å²) >= 11 is 0. The van der Waals surface area contributed by atoms with Crippen molar-refractivity contribution >= 4 is 5.97 Å². The number of hydrogen-bond acceptors (Lipinski definition) is 3. The van der Waals surface area contributed by atoms with E-state index in [1.807, 2.05) is 13.8 Å². The highest BCUT2D eigenvalue weighted by Crippen LogP contribution is 2.22. The van der Waals surface area contributed by atoms with E-state index in [9.17, 15) is 4.79 Å². The van der Waals surface area contributed by atoms with Gasteiger partial charge in [-0.1, -0.05) is 24.3 Å². The fourth-order valence-corrected chi connectivity index (χ4v) is 2.65. The predicted molar refractivity (Wildman–Crippen MR) is 71.5 cm³/mol. The molecule has 2 rings (SSSR count). The summed E-state index contributed by atoms with van der Waals surface area (Å²) in [6.07, 6.45) is 3.12. The fourth-order valence-electron chi connectivity index (χ4n) is 2.65. The second-order valence-electron chi connectivity index (χ2n) is 5.47. The lowest BCUT2D eigenvalue weighted by Gasteiger charge is -2.32. The monoisotopic (exact) mass is 247 g/mol. The van der Waals surface area contributed by atoms with Gasteiger partial charge in [-0.05, 0) is 44.2 Å². The summed E-state index contributed by atoms with van der Waals surface area (Å²) < 4.78 is 4.82. The molecular weight excluding hydrogens is 226 g/mol. The van der Waals surface area contributed by atoms with Gasteiger partial charge in [-0.2, -0.15) is 0 Å². The first-order valence-electron chi connectivity index (χ1n) is 6.46. The zero-order valence-corrected chi connectivity index (χ0v) is 11.3. The fraction of sp³-hybridized carbons (Fsp3) is 0.533. The van der Waals surface area contributed by atoms with Crippen LogP contribution in [-0.4, -0.2) is 24.7 Å². The molecule has 0 aliphatic heterocycles. The Morgan fingerprint density at radius 1 is 1.33 bits per heavy atom. The quantitative estimate of drug-likeness (QED) is 0.831. The number of hydrogen-bond donors (Lipinski definition) is 1. The Balaban J connectivity index is 2.04. The Hall–Kier alpha value is -1.35. The zero-order valence-electron chi connectivity index (χ0n) is 11.3. The standard InChI is InChI=1S/C15H21NO2/c1-15(2,14(17)18-3)16-13-9-8-11-6-4-5-7-12(11)10-13/h4-7,13,16H,8-10H2,1-3H3. The average molecular weight is 247 g/mol. The molecule has 0 radical (unpaired) electrons. The Morgan fingerprint density at radius 2 is 2.00 bits per heavy atom. The minimum atomic E-state index is -0.619.